The van der Waals surface area contributed by atoms with Gasteiger partial charge in [-0.2, -0.15) is 0 Å². The summed E-state index contributed by atoms with van der Waals surface area (Å²) in [5.41, 5.74) is 0. The van der Waals surface area contributed by atoms with E-state index in [1.807, 2.05) is 35.2 Å². The van der Waals surface area contributed by atoms with Crippen molar-refractivity contribution in [1.29, 1.82) is 0 Å². The van der Waals surface area contributed by atoms with E-state index in [9.17, 15) is 4.79 Å². The van der Waals surface area contributed by atoms with Gasteiger partial charge in [-0.05, 0) is 30.9 Å². The van der Waals surface area contributed by atoms with E-state index in [2.05, 4.69) is 0 Å². The number of methoxy groups -OCH3 is 1. The molecule has 1 aliphatic heterocycles. The number of para-hydroxylation sites is 1. The standard InChI is InChI=1S/C17H25NO4/c1-20-11-12-21-13-15-7-9-18(10-8-15)17(19)14-22-16-5-3-2-4-6-16/h2-6,15H,7-14H2,1H3. The molecule has 2 rings (SSSR count). The van der Waals surface area contributed by atoms with E-state index in [1.165, 1.54) is 0 Å². The Morgan fingerprint density at radius 3 is 2.59 bits per heavy atom. The molecule has 22 heavy (non-hydrogen) atoms. The van der Waals surface area contributed by atoms with E-state index in [4.69, 9.17) is 14.2 Å². The van der Waals surface area contributed by atoms with Crippen LogP contribution in [0.5, 0.6) is 5.75 Å². The van der Waals surface area contributed by atoms with Gasteiger partial charge in [0.15, 0.2) is 6.61 Å². The Kier molecular flexibility index (Phi) is 7.19. The Morgan fingerprint density at radius 1 is 1.18 bits per heavy atom. The molecule has 0 unspecified atom stereocenters. The summed E-state index contributed by atoms with van der Waals surface area (Å²) in [6.07, 6.45) is 1.98. The van der Waals surface area contributed by atoms with Crippen LogP contribution in [0.4, 0.5) is 0 Å². The van der Waals surface area contributed by atoms with Gasteiger partial charge in [-0.15, -0.1) is 0 Å². The van der Waals surface area contributed by atoms with E-state index < -0.39 is 0 Å². The summed E-state index contributed by atoms with van der Waals surface area (Å²) in [5, 5.41) is 0. The second-order valence-corrected chi connectivity index (χ2v) is 5.49. The lowest BCUT2D eigenvalue weighted by Gasteiger charge is -2.31. The molecule has 0 bridgehead atoms. The molecule has 0 radical (unpaired) electrons. The lowest BCUT2D eigenvalue weighted by atomic mass is 9.98. The first-order valence-electron chi connectivity index (χ1n) is 7.82. The molecule has 0 aliphatic carbocycles. The minimum Gasteiger partial charge on any atom is -0.484 e. The van der Waals surface area contributed by atoms with Crippen molar-refractivity contribution in [3.8, 4) is 5.75 Å². The van der Waals surface area contributed by atoms with Crippen molar-refractivity contribution in [1.82, 2.24) is 4.90 Å². The maximum Gasteiger partial charge on any atom is 0.260 e. The summed E-state index contributed by atoms with van der Waals surface area (Å²) in [4.78, 5) is 14.0. The van der Waals surface area contributed by atoms with E-state index in [1.54, 1.807) is 7.11 Å². The molecule has 0 N–H and O–H groups in total. The number of amides is 1. The van der Waals surface area contributed by atoms with Crippen LogP contribution in [-0.2, 0) is 14.3 Å². The summed E-state index contributed by atoms with van der Waals surface area (Å²) in [5.74, 6) is 1.33. The van der Waals surface area contributed by atoms with Crippen molar-refractivity contribution in [3.63, 3.8) is 0 Å². The predicted octanol–water partition coefficient (Wildman–Crippen LogP) is 1.97. The summed E-state index contributed by atoms with van der Waals surface area (Å²) in [6, 6.07) is 9.44. The van der Waals surface area contributed by atoms with Gasteiger partial charge in [0.1, 0.15) is 5.75 Å². The smallest absolute Gasteiger partial charge is 0.260 e. The molecule has 5 nitrogen and oxygen atoms in total. The number of ether oxygens (including phenoxy) is 3. The average Bonchev–Trinajstić information content (AvgIpc) is 2.58. The third-order valence-electron chi connectivity index (χ3n) is 3.86. The Morgan fingerprint density at radius 2 is 1.91 bits per heavy atom. The van der Waals surface area contributed by atoms with Crippen LogP contribution in [0.1, 0.15) is 12.8 Å². The minimum atomic E-state index is 0.0580. The number of carbonyl (C=O) groups excluding carboxylic acids is 1. The van der Waals surface area contributed by atoms with Gasteiger partial charge in [0.05, 0.1) is 13.2 Å². The van der Waals surface area contributed by atoms with Gasteiger partial charge in [0.2, 0.25) is 0 Å². The summed E-state index contributed by atoms with van der Waals surface area (Å²) < 4.78 is 16.0. The van der Waals surface area contributed by atoms with Crippen molar-refractivity contribution < 1.29 is 19.0 Å². The first-order valence-corrected chi connectivity index (χ1v) is 7.82. The van der Waals surface area contributed by atoms with E-state index >= 15 is 0 Å². The highest BCUT2D eigenvalue weighted by Crippen LogP contribution is 2.18. The summed E-state index contributed by atoms with van der Waals surface area (Å²) in [7, 11) is 1.67. The molecule has 122 valence electrons. The molecule has 1 aromatic carbocycles. The number of rotatable bonds is 8. The predicted molar refractivity (Wildman–Crippen MR) is 83.9 cm³/mol. The molecule has 1 fully saturated rings. The fourth-order valence-corrected chi connectivity index (χ4v) is 2.49. The van der Waals surface area contributed by atoms with Crippen LogP contribution in [-0.4, -0.2) is 57.4 Å². The molecule has 1 saturated heterocycles. The van der Waals surface area contributed by atoms with Crippen LogP contribution in [0, 0.1) is 5.92 Å². The Labute approximate surface area is 132 Å². The topological polar surface area (TPSA) is 48.0 Å². The number of benzene rings is 1. The molecule has 1 amide bonds. The lowest BCUT2D eigenvalue weighted by molar-refractivity contribution is -0.135. The Balaban J connectivity index is 1.62. The molecule has 0 atom stereocenters. The second kappa shape index (κ2) is 9.43. The van der Waals surface area contributed by atoms with Crippen LogP contribution < -0.4 is 4.74 Å². The highest BCUT2D eigenvalue weighted by Gasteiger charge is 2.23. The van der Waals surface area contributed by atoms with Crippen molar-refractivity contribution in [2.45, 2.75) is 12.8 Å². The zero-order valence-electron chi connectivity index (χ0n) is 13.2. The molecule has 0 aromatic heterocycles. The van der Waals surface area contributed by atoms with Gasteiger partial charge in [-0.3, -0.25) is 4.79 Å². The fraction of sp³-hybridized carbons (Fsp3) is 0.588. The molecular formula is C17H25NO4. The number of nitrogens with zero attached hydrogens (tertiary/aromatic N) is 1. The molecule has 1 heterocycles. The molecule has 5 heteroatoms. The van der Waals surface area contributed by atoms with E-state index in [-0.39, 0.29) is 12.5 Å². The lowest BCUT2D eigenvalue weighted by Crippen LogP contribution is -2.41. The number of carbonyl (C=O) groups is 1. The number of hydrogen-bond acceptors (Lipinski definition) is 4. The van der Waals surface area contributed by atoms with Gasteiger partial charge < -0.3 is 19.1 Å². The monoisotopic (exact) mass is 307 g/mol. The third kappa shape index (κ3) is 5.66. The fourth-order valence-electron chi connectivity index (χ4n) is 2.49. The SMILES string of the molecule is COCCOCC1CCN(C(=O)COc2ccccc2)CC1. The van der Waals surface area contributed by atoms with Crippen LogP contribution in [0.2, 0.25) is 0 Å². The Bertz CT molecular complexity index is 430. The van der Waals surface area contributed by atoms with Crippen molar-refractivity contribution in [3.05, 3.63) is 30.3 Å². The van der Waals surface area contributed by atoms with Gasteiger partial charge in [-0.1, -0.05) is 18.2 Å². The molecule has 0 spiro atoms. The maximum absolute atomic E-state index is 12.1. The van der Waals surface area contributed by atoms with Crippen LogP contribution in [0.15, 0.2) is 30.3 Å². The van der Waals surface area contributed by atoms with Crippen LogP contribution >= 0.6 is 0 Å². The minimum absolute atomic E-state index is 0.0580. The highest BCUT2D eigenvalue weighted by atomic mass is 16.5. The van der Waals surface area contributed by atoms with Gasteiger partial charge in [0.25, 0.3) is 5.91 Å². The van der Waals surface area contributed by atoms with Crippen LogP contribution in [0.3, 0.4) is 0 Å². The van der Waals surface area contributed by atoms with E-state index in [0.717, 1.165) is 38.3 Å². The highest BCUT2D eigenvalue weighted by molar-refractivity contribution is 5.77. The molecular weight excluding hydrogens is 282 g/mol. The number of likely N-dealkylation sites (tertiary alicyclic amines) is 1. The largest absolute Gasteiger partial charge is 0.484 e. The quantitative estimate of drug-likeness (QED) is 0.689. The molecule has 1 aliphatic rings. The maximum atomic E-state index is 12.1. The number of hydrogen-bond donors (Lipinski definition) is 0. The average molecular weight is 307 g/mol. The van der Waals surface area contributed by atoms with E-state index in [0.29, 0.717) is 19.1 Å². The van der Waals surface area contributed by atoms with Gasteiger partial charge in [-0.25, -0.2) is 0 Å². The Hall–Kier alpha value is -1.59. The van der Waals surface area contributed by atoms with Crippen molar-refractivity contribution in [2.75, 3.05) is 46.6 Å². The zero-order chi connectivity index (χ0) is 15.6. The first kappa shape index (κ1) is 16.8. The van der Waals surface area contributed by atoms with Crippen molar-refractivity contribution in [2.24, 2.45) is 5.92 Å². The third-order valence-corrected chi connectivity index (χ3v) is 3.86. The molecule has 1 aromatic rings. The second-order valence-electron chi connectivity index (χ2n) is 5.49. The summed E-state index contributed by atoms with van der Waals surface area (Å²) in [6.45, 7) is 3.71. The van der Waals surface area contributed by atoms with Gasteiger partial charge >= 0.3 is 0 Å². The first-order chi connectivity index (χ1) is 10.8. The number of piperidine rings is 1. The van der Waals surface area contributed by atoms with Crippen molar-refractivity contribution >= 4 is 5.91 Å². The van der Waals surface area contributed by atoms with Gasteiger partial charge in [0, 0.05) is 26.8 Å². The summed E-state index contributed by atoms with van der Waals surface area (Å²) >= 11 is 0. The van der Waals surface area contributed by atoms with Crippen LogP contribution in [0.25, 0.3) is 0 Å². The molecule has 0 saturated carbocycles. The normalized spacial score (nSPS) is 15.8. The zero-order valence-corrected chi connectivity index (χ0v) is 13.2.